The van der Waals surface area contributed by atoms with Crippen LogP contribution in [0, 0.1) is 11.6 Å². The molecular formula is C14H9F2N5O. The normalized spacial score (nSPS) is 10.5. The molecule has 0 aliphatic rings. The summed E-state index contributed by atoms with van der Waals surface area (Å²) in [4.78, 5) is 12.0. The van der Waals surface area contributed by atoms with Crippen molar-refractivity contribution in [2.45, 2.75) is 0 Å². The molecule has 3 aromatic rings. The highest BCUT2D eigenvalue weighted by atomic mass is 19.1. The summed E-state index contributed by atoms with van der Waals surface area (Å²) in [5, 5.41) is 13.3. The summed E-state index contributed by atoms with van der Waals surface area (Å²) < 4.78 is 27.6. The van der Waals surface area contributed by atoms with Crippen molar-refractivity contribution in [1.82, 2.24) is 20.2 Å². The minimum atomic E-state index is -0.806. The van der Waals surface area contributed by atoms with Gasteiger partial charge in [0.15, 0.2) is 0 Å². The molecule has 0 saturated heterocycles. The van der Waals surface area contributed by atoms with Crippen molar-refractivity contribution in [3.05, 3.63) is 66.0 Å². The van der Waals surface area contributed by atoms with Gasteiger partial charge in [0.25, 0.3) is 5.91 Å². The highest BCUT2D eigenvalue weighted by molar-refractivity contribution is 6.04. The molecule has 0 radical (unpaired) electrons. The number of carbonyl (C=O) groups excluding carboxylic acids is 1. The van der Waals surface area contributed by atoms with Crippen LogP contribution in [0.2, 0.25) is 0 Å². The maximum atomic E-state index is 13.1. The first kappa shape index (κ1) is 13.8. The standard InChI is InChI=1S/C14H9F2N5O/c15-10-5-9(6-11(16)7-10)14(22)18-12-1-3-13(4-2-12)21-8-17-19-20-21/h1-8H,(H,18,22). The Morgan fingerprint density at radius 2 is 1.73 bits per heavy atom. The van der Waals surface area contributed by atoms with Gasteiger partial charge in [-0.25, -0.2) is 13.5 Å². The zero-order chi connectivity index (χ0) is 15.5. The second-order valence-electron chi connectivity index (χ2n) is 4.41. The van der Waals surface area contributed by atoms with Crippen molar-refractivity contribution in [2.24, 2.45) is 0 Å². The molecule has 0 bridgehead atoms. The molecule has 0 aliphatic heterocycles. The number of hydrogen-bond acceptors (Lipinski definition) is 4. The SMILES string of the molecule is O=C(Nc1ccc(-n2cnnn2)cc1)c1cc(F)cc(F)c1. The van der Waals surface area contributed by atoms with Gasteiger partial charge in [-0.1, -0.05) is 0 Å². The predicted molar refractivity (Wildman–Crippen MR) is 73.5 cm³/mol. The van der Waals surface area contributed by atoms with E-state index < -0.39 is 17.5 Å². The Bertz CT molecular complexity index is 782. The van der Waals surface area contributed by atoms with E-state index in [-0.39, 0.29) is 5.56 Å². The third-order valence-electron chi connectivity index (χ3n) is 2.86. The number of tetrazole rings is 1. The average molecular weight is 301 g/mol. The van der Waals surface area contributed by atoms with Crippen molar-refractivity contribution in [3.63, 3.8) is 0 Å². The van der Waals surface area contributed by atoms with Crippen molar-refractivity contribution in [2.75, 3.05) is 5.32 Å². The Morgan fingerprint density at radius 1 is 1.05 bits per heavy atom. The summed E-state index contributed by atoms with van der Waals surface area (Å²) in [5.41, 5.74) is 1.09. The number of rotatable bonds is 3. The molecule has 110 valence electrons. The van der Waals surface area contributed by atoms with E-state index in [4.69, 9.17) is 0 Å². The van der Waals surface area contributed by atoms with E-state index in [1.54, 1.807) is 24.3 Å². The molecule has 1 N–H and O–H groups in total. The van der Waals surface area contributed by atoms with E-state index in [9.17, 15) is 13.6 Å². The van der Waals surface area contributed by atoms with Gasteiger partial charge in [0.1, 0.15) is 18.0 Å². The molecule has 0 saturated carbocycles. The van der Waals surface area contributed by atoms with Gasteiger partial charge in [-0.2, -0.15) is 0 Å². The summed E-state index contributed by atoms with van der Waals surface area (Å²) in [6.07, 6.45) is 1.43. The van der Waals surface area contributed by atoms with Gasteiger partial charge in [-0.05, 0) is 46.8 Å². The Balaban J connectivity index is 1.76. The van der Waals surface area contributed by atoms with Gasteiger partial charge in [0.2, 0.25) is 0 Å². The highest BCUT2D eigenvalue weighted by Crippen LogP contribution is 2.14. The fourth-order valence-electron chi connectivity index (χ4n) is 1.87. The topological polar surface area (TPSA) is 72.7 Å². The third-order valence-corrected chi connectivity index (χ3v) is 2.86. The number of anilines is 1. The summed E-state index contributed by atoms with van der Waals surface area (Å²) >= 11 is 0. The monoisotopic (exact) mass is 301 g/mol. The lowest BCUT2D eigenvalue weighted by Crippen LogP contribution is -2.12. The van der Waals surface area contributed by atoms with Crippen LogP contribution in [0.4, 0.5) is 14.5 Å². The van der Waals surface area contributed by atoms with Crippen LogP contribution in [0.3, 0.4) is 0 Å². The third kappa shape index (κ3) is 2.95. The van der Waals surface area contributed by atoms with E-state index in [0.29, 0.717) is 17.4 Å². The Labute approximate surface area is 123 Å². The molecule has 1 heterocycles. The van der Waals surface area contributed by atoms with Gasteiger partial charge in [0.05, 0.1) is 5.69 Å². The molecule has 3 rings (SSSR count). The van der Waals surface area contributed by atoms with Crippen LogP contribution in [0.25, 0.3) is 5.69 Å². The molecule has 0 spiro atoms. The highest BCUT2D eigenvalue weighted by Gasteiger charge is 2.09. The van der Waals surface area contributed by atoms with Crippen LogP contribution in [-0.2, 0) is 0 Å². The van der Waals surface area contributed by atoms with Crippen molar-refractivity contribution < 1.29 is 13.6 Å². The van der Waals surface area contributed by atoms with Crippen LogP contribution < -0.4 is 5.32 Å². The van der Waals surface area contributed by atoms with Crippen molar-refractivity contribution >= 4 is 11.6 Å². The van der Waals surface area contributed by atoms with Crippen LogP contribution in [0.15, 0.2) is 48.8 Å². The van der Waals surface area contributed by atoms with Crippen molar-refractivity contribution in [1.29, 1.82) is 0 Å². The number of nitrogens with zero attached hydrogens (tertiary/aromatic N) is 4. The lowest BCUT2D eigenvalue weighted by molar-refractivity contribution is 0.102. The summed E-state index contributed by atoms with van der Waals surface area (Å²) in [6, 6.07) is 9.28. The van der Waals surface area contributed by atoms with Crippen LogP contribution in [-0.4, -0.2) is 26.1 Å². The number of aromatic nitrogens is 4. The molecule has 1 amide bonds. The van der Waals surface area contributed by atoms with Gasteiger partial charge < -0.3 is 5.32 Å². The zero-order valence-corrected chi connectivity index (χ0v) is 11.1. The first-order valence-electron chi connectivity index (χ1n) is 6.23. The lowest BCUT2D eigenvalue weighted by Gasteiger charge is -2.06. The number of carbonyl (C=O) groups is 1. The average Bonchev–Trinajstić information content (AvgIpc) is 3.01. The van der Waals surface area contributed by atoms with Crippen LogP contribution in [0.5, 0.6) is 0 Å². The molecule has 0 unspecified atom stereocenters. The molecule has 0 fully saturated rings. The Kier molecular flexibility index (Phi) is 3.57. The fourth-order valence-corrected chi connectivity index (χ4v) is 1.87. The minimum Gasteiger partial charge on any atom is -0.322 e. The summed E-state index contributed by atoms with van der Waals surface area (Å²) in [5.74, 6) is -2.22. The van der Waals surface area contributed by atoms with Gasteiger partial charge in [0, 0.05) is 17.3 Å². The molecule has 2 aromatic carbocycles. The summed E-state index contributed by atoms with van der Waals surface area (Å²) in [6.45, 7) is 0. The minimum absolute atomic E-state index is 0.0953. The Morgan fingerprint density at radius 3 is 2.32 bits per heavy atom. The predicted octanol–water partition coefficient (Wildman–Crippen LogP) is 2.19. The largest absolute Gasteiger partial charge is 0.322 e. The van der Waals surface area contributed by atoms with E-state index in [0.717, 1.165) is 12.1 Å². The molecule has 0 atom stereocenters. The quantitative estimate of drug-likeness (QED) is 0.805. The first-order chi connectivity index (χ1) is 10.6. The first-order valence-corrected chi connectivity index (χ1v) is 6.23. The molecule has 22 heavy (non-hydrogen) atoms. The lowest BCUT2D eigenvalue weighted by atomic mass is 10.2. The van der Waals surface area contributed by atoms with E-state index >= 15 is 0 Å². The molecular weight excluding hydrogens is 292 g/mol. The Hall–Kier alpha value is -3.16. The molecule has 1 aromatic heterocycles. The molecule has 8 heteroatoms. The van der Waals surface area contributed by atoms with Gasteiger partial charge >= 0.3 is 0 Å². The molecule has 6 nitrogen and oxygen atoms in total. The van der Waals surface area contributed by atoms with Crippen LogP contribution >= 0.6 is 0 Å². The number of benzene rings is 2. The number of hydrogen-bond donors (Lipinski definition) is 1. The van der Waals surface area contributed by atoms with Gasteiger partial charge in [-0.3, -0.25) is 4.79 Å². The molecule has 0 aliphatic carbocycles. The summed E-state index contributed by atoms with van der Waals surface area (Å²) in [7, 11) is 0. The second kappa shape index (κ2) is 5.68. The van der Waals surface area contributed by atoms with E-state index in [2.05, 4.69) is 20.8 Å². The maximum Gasteiger partial charge on any atom is 0.255 e. The van der Waals surface area contributed by atoms with Crippen LogP contribution in [0.1, 0.15) is 10.4 Å². The number of amides is 1. The second-order valence-corrected chi connectivity index (χ2v) is 4.41. The zero-order valence-electron chi connectivity index (χ0n) is 11.1. The van der Waals surface area contributed by atoms with E-state index in [1.165, 1.54) is 11.0 Å². The van der Waals surface area contributed by atoms with E-state index in [1.807, 2.05) is 0 Å². The fraction of sp³-hybridized carbons (Fsp3) is 0. The maximum absolute atomic E-state index is 13.1. The number of halogens is 2. The number of nitrogens with one attached hydrogen (secondary N) is 1. The van der Waals surface area contributed by atoms with Gasteiger partial charge in [-0.15, -0.1) is 5.10 Å². The van der Waals surface area contributed by atoms with Crippen molar-refractivity contribution in [3.8, 4) is 5.69 Å². The smallest absolute Gasteiger partial charge is 0.255 e.